The van der Waals surface area contributed by atoms with E-state index in [1.807, 2.05) is 85.1 Å². The first-order chi connectivity index (χ1) is 23.4. The number of fused-ring (bicyclic) bond motifs is 2. The zero-order valence-electron chi connectivity index (χ0n) is 26.5. The van der Waals surface area contributed by atoms with Gasteiger partial charge in [-0.15, -0.1) is 23.2 Å². The Bertz CT molecular complexity index is 2020. The van der Waals surface area contributed by atoms with Crippen LogP contribution in [0, 0.1) is 11.8 Å². The molecule has 2 aromatic heterocycles. The highest BCUT2D eigenvalue weighted by molar-refractivity contribution is 6.40. The predicted octanol–water partition coefficient (Wildman–Crippen LogP) is 8.85. The Labute approximate surface area is 290 Å². The number of alkyl halides is 2. The highest BCUT2D eigenvalue weighted by atomic mass is 35.5. The molecule has 6 aromatic rings. The molecule has 2 aliphatic carbocycles. The van der Waals surface area contributed by atoms with Gasteiger partial charge in [-0.05, 0) is 69.8 Å². The predicted molar refractivity (Wildman–Crippen MR) is 192 cm³/mol. The summed E-state index contributed by atoms with van der Waals surface area (Å²) in [6.07, 6.45) is 9.90. The molecule has 4 atom stereocenters. The van der Waals surface area contributed by atoms with Crippen molar-refractivity contribution >= 4 is 56.3 Å². The van der Waals surface area contributed by atoms with Gasteiger partial charge in [-0.1, -0.05) is 91.0 Å². The fraction of sp³-hybridized carbons (Fsp3) is 0.220. The number of hydrogen-bond donors (Lipinski definition) is 1. The monoisotopic (exact) mass is 675 g/mol. The maximum atomic E-state index is 12.5. The molecule has 0 aliphatic heterocycles. The summed E-state index contributed by atoms with van der Waals surface area (Å²) < 4.78 is 1.04. The molecule has 4 aromatic carbocycles. The number of rotatable bonds is 8. The third-order valence-electron chi connectivity index (χ3n) is 9.15. The number of pyridine rings is 2. The van der Waals surface area contributed by atoms with Gasteiger partial charge in [0.1, 0.15) is 11.6 Å². The smallest absolute Gasteiger partial charge is 0.230 e. The molecule has 0 bridgehead atoms. The third-order valence-corrected chi connectivity index (χ3v) is 9.15. The maximum absolute atomic E-state index is 12.5. The summed E-state index contributed by atoms with van der Waals surface area (Å²) in [7, 11) is 0. The van der Waals surface area contributed by atoms with E-state index < -0.39 is 0 Å². The number of nitrogens with zero attached hydrogens (tertiary/aromatic N) is 2. The lowest BCUT2D eigenvalue weighted by Gasteiger charge is -2.04. The molecule has 1 N–H and O–H groups in total. The molecule has 0 radical (unpaired) electrons. The molecule has 2 aliphatic rings. The van der Waals surface area contributed by atoms with Crippen LogP contribution in [0.3, 0.4) is 0 Å². The first kappa shape index (κ1) is 33.3. The number of ketones is 2. The van der Waals surface area contributed by atoms with Crippen molar-refractivity contribution in [1.29, 1.82) is 0 Å². The van der Waals surface area contributed by atoms with Gasteiger partial charge in [-0.3, -0.25) is 19.8 Å². The van der Waals surface area contributed by atoms with Crippen LogP contribution >= 0.6 is 23.2 Å². The molecular weight excluding hydrogens is 639 g/mol. The topological polar surface area (TPSA) is 71.1 Å². The standard InChI is InChI=1S/C20H18NO2.C20H17NO.CH2Cl2/c22-20(19-12-18(19)15-4-2-1-3-5-15)11-14-6-7-17-13-21(23)9-8-16(17)10-14;22-20(19-12-18(19)15-4-2-1-3-5-15)11-14-6-7-17-13-21-9-8-16(17)10-14;2-1-3/h1-10,13,18-19,23H,11-12H2;1-10,13,18-19H,11-12H2;1H2/q+1;;/t2*18-,19+;/m00./s1. The van der Waals surface area contributed by atoms with Crippen molar-refractivity contribution in [3.63, 3.8) is 0 Å². The zero-order valence-corrected chi connectivity index (χ0v) is 28.0. The summed E-state index contributed by atoms with van der Waals surface area (Å²) in [5.74, 6) is 1.89. The van der Waals surface area contributed by atoms with Crippen LogP contribution in [0.15, 0.2) is 134 Å². The number of carbonyl (C=O) groups excluding carboxylic acids is 2. The van der Waals surface area contributed by atoms with Crippen LogP contribution in [0.25, 0.3) is 21.5 Å². The van der Waals surface area contributed by atoms with Gasteiger partial charge < -0.3 is 0 Å². The lowest BCUT2D eigenvalue weighted by atomic mass is 10.0. The zero-order chi connectivity index (χ0) is 33.5. The first-order valence-corrected chi connectivity index (χ1v) is 17.2. The lowest BCUT2D eigenvalue weighted by Crippen LogP contribution is -2.27. The molecule has 0 unspecified atom stereocenters. The lowest BCUT2D eigenvalue weighted by molar-refractivity contribution is -0.903. The number of hydrogen-bond acceptors (Lipinski definition) is 4. The molecule has 242 valence electrons. The van der Waals surface area contributed by atoms with Gasteiger partial charge in [-0.2, -0.15) is 0 Å². The van der Waals surface area contributed by atoms with E-state index >= 15 is 0 Å². The van der Waals surface area contributed by atoms with Crippen molar-refractivity contribution < 1.29 is 19.5 Å². The van der Waals surface area contributed by atoms with Crippen molar-refractivity contribution in [2.24, 2.45) is 11.8 Å². The average Bonchev–Trinajstić information content (AvgIpc) is 4.05. The molecule has 8 rings (SSSR count). The van der Waals surface area contributed by atoms with Gasteiger partial charge in [0.2, 0.25) is 12.4 Å². The van der Waals surface area contributed by atoms with E-state index in [0.717, 1.165) is 50.2 Å². The average molecular weight is 677 g/mol. The molecular formula is C41H37Cl2N2O3+. The molecule has 2 fully saturated rings. The van der Waals surface area contributed by atoms with E-state index in [1.165, 1.54) is 11.1 Å². The minimum atomic E-state index is 0.170. The summed E-state index contributed by atoms with van der Waals surface area (Å²) in [6, 6.07) is 36.7. The third kappa shape index (κ3) is 8.46. The van der Waals surface area contributed by atoms with Gasteiger partial charge in [0.15, 0.2) is 0 Å². The van der Waals surface area contributed by atoms with Crippen molar-refractivity contribution in [3.05, 3.63) is 156 Å². The Morgan fingerprint density at radius 3 is 1.71 bits per heavy atom. The van der Waals surface area contributed by atoms with Crippen LogP contribution in [0.5, 0.6) is 0 Å². The summed E-state index contributed by atoms with van der Waals surface area (Å²) in [6.45, 7) is 0. The van der Waals surface area contributed by atoms with E-state index in [9.17, 15) is 14.8 Å². The van der Waals surface area contributed by atoms with Gasteiger partial charge in [0, 0.05) is 53.3 Å². The van der Waals surface area contributed by atoms with Crippen molar-refractivity contribution in [2.45, 2.75) is 37.5 Å². The number of halogens is 2. The molecule has 2 saturated carbocycles. The Balaban J connectivity index is 0.000000155. The van der Waals surface area contributed by atoms with E-state index in [-0.39, 0.29) is 17.2 Å². The normalized spacial score (nSPS) is 19.0. The molecule has 0 amide bonds. The Kier molecular flexibility index (Phi) is 10.8. The first-order valence-electron chi connectivity index (χ1n) is 16.2. The minimum Gasteiger partial charge on any atom is -0.299 e. The van der Waals surface area contributed by atoms with Gasteiger partial charge in [0.25, 0.3) is 0 Å². The number of aromatic nitrogens is 2. The quantitative estimate of drug-likeness (QED) is 0.0994. The highest BCUT2D eigenvalue weighted by Crippen LogP contribution is 2.49. The second-order valence-corrected chi connectivity index (χ2v) is 13.3. The van der Waals surface area contributed by atoms with Crippen molar-refractivity contribution in [3.8, 4) is 0 Å². The summed E-state index contributed by atoms with van der Waals surface area (Å²) >= 11 is 9.53. The van der Waals surface area contributed by atoms with Crippen LogP contribution in [0.1, 0.15) is 46.9 Å². The van der Waals surface area contributed by atoms with Gasteiger partial charge in [0.05, 0.1) is 10.7 Å². The van der Waals surface area contributed by atoms with Gasteiger partial charge in [-0.25, -0.2) is 0 Å². The van der Waals surface area contributed by atoms with Crippen LogP contribution in [0.2, 0.25) is 0 Å². The van der Waals surface area contributed by atoms with E-state index in [1.54, 1.807) is 18.6 Å². The van der Waals surface area contributed by atoms with Crippen LogP contribution in [0.4, 0.5) is 0 Å². The second-order valence-electron chi connectivity index (χ2n) is 12.5. The van der Waals surface area contributed by atoms with Crippen LogP contribution < -0.4 is 4.73 Å². The Morgan fingerprint density at radius 2 is 1.17 bits per heavy atom. The minimum absolute atomic E-state index is 0.170. The molecule has 0 saturated heterocycles. The Hall–Kier alpha value is -4.58. The van der Waals surface area contributed by atoms with E-state index in [2.05, 4.69) is 35.3 Å². The summed E-state index contributed by atoms with van der Waals surface area (Å²) in [5.41, 5.74) is 4.71. The Morgan fingerprint density at radius 1 is 0.667 bits per heavy atom. The highest BCUT2D eigenvalue weighted by Gasteiger charge is 2.43. The van der Waals surface area contributed by atoms with Crippen LogP contribution in [-0.2, 0) is 22.4 Å². The second kappa shape index (κ2) is 15.5. The molecule has 5 nitrogen and oxygen atoms in total. The molecule has 48 heavy (non-hydrogen) atoms. The van der Waals surface area contributed by atoms with E-state index in [4.69, 9.17) is 23.2 Å². The van der Waals surface area contributed by atoms with Crippen LogP contribution in [-0.4, -0.2) is 27.1 Å². The van der Waals surface area contributed by atoms with Crippen molar-refractivity contribution in [2.75, 3.05) is 5.34 Å². The fourth-order valence-corrected chi connectivity index (χ4v) is 6.48. The number of carbonyl (C=O) groups is 2. The van der Waals surface area contributed by atoms with Crippen molar-refractivity contribution in [1.82, 2.24) is 4.98 Å². The molecule has 7 heteroatoms. The number of benzene rings is 4. The summed E-state index contributed by atoms with van der Waals surface area (Å²) in [4.78, 5) is 29.1. The summed E-state index contributed by atoms with van der Waals surface area (Å²) in [5, 5.41) is 13.9. The number of Topliss-reactive ketones (excluding diaryl/α,β-unsaturated/α-hetero) is 2. The largest absolute Gasteiger partial charge is 0.299 e. The maximum Gasteiger partial charge on any atom is 0.230 e. The fourth-order valence-electron chi connectivity index (χ4n) is 6.48. The van der Waals surface area contributed by atoms with E-state index in [0.29, 0.717) is 36.2 Å². The van der Waals surface area contributed by atoms with Gasteiger partial charge >= 0.3 is 0 Å². The molecule has 0 spiro atoms. The molecule has 2 heterocycles. The SMILES string of the molecule is ClCCl.O=C(Cc1ccc2c[n+](O)ccc2c1)[C@@H]1C[C@H]1c1ccccc1.O=C(Cc1ccc2cnccc2c1)[C@@H]1C[C@H]1c1ccccc1.